The molecular weight excluding hydrogens is 318 g/mol. The number of rotatable bonds is 4. The molecule has 1 heterocycles. The number of hydrogen-bond donors (Lipinski definition) is 1. The molecule has 0 atom stereocenters. The van der Waals surface area contributed by atoms with Gasteiger partial charge in [-0.3, -0.25) is 9.69 Å². The molecule has 25 heavy (non-hydrogen) atoms. The lowest BCUT2D eigenvalue weighted by molar-refractivity contribution is -0.134. The lowest BCUT2D eigenvalue weighted by Gasteiger charge is -2.39. The van der Waals surface area contributed by atoms with E-state index in [0.29, 0.717) is 18.4 Å². The van der Waals surface area contributed by atoms with Crippen LogP contribution in [0.5, 0.6) is 5.75 Å². The molecule has 1 aliphatic heterocycles. The lowest BCUT2D eigenvalue weighted by atomic mass is 9.87. The Hall–Kier alpha value is -2.55. The van der Waals surface area contributed by atoms with Crippen molar-refractivity contribution >= 4 is 11.9 Å². The highest BCUT2D eigenvalue weighted by Gasteiger charge is 2.50. The number of ether oxygens (including phenoxy) is 1. The Kier molecular flexibility index (Phi) is 4.19. The van der Waals surface area contributed by atoms with E-state index >= 15 is 0 Å². The van der Waals surface area contributed by atoms with Crippen LogP contribution in [-0.4, -0.2) is 34.5 Å². The second-order valence-corrected chi connectivity index (χ2v) is 7.61. The molecule has 0 radical (unpaired) electrons. The number of nitriles is 1. The van der Waals surface area contributed by atoms with Crippen LogP contribution in [0.25, 0.3) is 0 Å². The van der Waals surface area contributed by atoms with Crippen molar-refractivity contribution in [3.05, 3.63) is 29.3 Å². The number of nitrogens with zero attached hydrogens (tertiary/aromatic N) is 2. The van der Waals surface area contributed by atoms with Gasteiger partial charge >= 0.3 is 6.03 Å². The van der Waals surface area contributed by atoms with Crippen LogP contribution < -0.4 is 10.1 Å². The van der Waals surface area contributed by atoms with Crippen LogP contribution in [0.15, 0.2) is 18.2 Å². The maximum Gasteiger partial charge on any atom is 0.325 e. The number of carbonyl (C=O) groups is 2. The fraction of sp³-hybridized carbons (Fsp3) is 0.526. The molecule has 0 spiro atoms. The molecule has 3 amide bonds. The zero-order valence-electron chi connectivity index (χ0n) is 15.0. The minimum absolute atomic E-state index is 0.0257. The normalized spacial score (nSPS) is 24.7. The average molecular weight is 341 g/mol. The Morgan fingerprint density at radius 1 is 1.32 bits per heavy atom. The van der Waals surface area contributed by atoms with Crippen molar-refractivity contribution in [1.82, 2.24) is 10.2 Å². The van der Waals surface area contributed by atoms with E-state index in [9.17, 15) is 14.9 Å². The van der Waals surface area contributed by atoms with Gasteiger partial charge in [-0.1, -0.05) is 13.8 Å². The highest BCUT2D eigenvalue weighted by Crippen LogP contribution is 2.34. The van der Waals surface area contributed by atoms with Gasteiger partial charge in [0.15, 0.2) is 0 Å². The van der Waals surface area contributed by atoms with Crippen LogP contribution in [0, 0.1) is 11.3 Å². The molecule has 2 fully saturated rings. The van der Waals surface area contributed by atoms with Crippen LogP contribution in [0.4, 0.5) is 4.79 Å². The van der Waals surface area contributed by atoms with Crippen molar-refractivity contribution < 1.29 is 14.3 Å². The Morgan fingerprint density at radius 2 is 2.00 bits per heavy atom. The summed E-state index contributed by atoms with van der Waals surface area (Å²) < 4.78 is 5.97. The van der Waals surface area contributed by atoms with Crippen molar-refractivity contribution in [3.63, 3.8) is 0 Å². The Balaban J connectivity index is 1.63. The lowest BCUT2D eigenvalue weighted by Crippen LogP contribution is -2.52. The highest BCUT2D eigenvalue weighted by molar-refractivity contribution is 6.06. The summed E-state index contributed by atoms with van der Waals surface area (Å²) >= 11 is 0. The first kappa shape index (κ1) is 17.3. The van der Waals surface area contributed by atoms with Gasteiger partial charge in [0.2, 0.25) is 0 Å². The van der Waals surface area contributed by atoms with Gasteiger partial charge in [-0.15, -0.1) is 0 Å². The van der Waals surface area contributed by atoms with Crippen LogP contribution in [0.2, 0.25) is 0 Å². The van der Waals surface area contributed by atoms with E-state index in [-0.39, 0.29) is 30.0 Å². The molecule has 6 nitrogen and oxygen atoms in total. The van der Waals surface area contributed by atoms with Crippen molar-refractivity contribution in [2.45, 2.75) is 64.1 Å². The Morgan fingerprint density at radius 3 is 2.52 bits per heavy atom. The van der Waals surface area contributed by atoms with Crippen molar-refractivity contribution in [2.75, 3.05) is 0 Å². The summed E-state index contributed by atoms with van der Waals surface area (Å²) in [6.07, 6.45) is 1.24. The van der Waals surface area contributed by atoms with E-state index in [1.807, 2.05) is 19.9 Å². The van der Waals surface area contributed by atoms with Crippen LogP contribution in [0.1, 0.15) is 57.6 Å². The van der Waals surface area contributed by atoms with E-state index in [0.717, 1.165) is 11.3 Å². The first-order chi connectivity index (χ1) is 11.7. The maximum absolute atomic E-state index is 12.3. The van der Waals surface area contributed by atoms with Gasteiger partial charge in [0.25, 0.3) is 5.91 Å². The number of nitrogens with one attached hydrogen (secondary N) is 1. The summed E-state index contributed by atoms with van der Waals surface area (Å²) in [5.74, 6) is 0.783. The summed E-state index contributed by atoms with van der Waals surface area (Å²) in [6.45, 7) is 7.51. The topological polar surface area (TPSA) is 82.4 Å². The third kappa shape index (κ3) is 3.07. The van der Waals surface area contributed by atoms with E-state index in [1.165, 1.54) is 4.90 Å². The molecular formula is C19H23N3O3. The van der Waals surface area contributed by atoms with Crippen LogP contribution >= 0.6 is 0 Å². The molecule has 3 rings (SSSR count). The molecule has 1 aliphatic carbocycles. The molecule has 6 heteroatoms. The van der Waals surface area contributed by atoms with E-state index in [1.54, 1.807) is 26.0 Å². The number of imide groups is 1. The predicted octanol–water partition coefficient (Wildman–Crippen LogP) is 2.92. The molecule has 1 saturated heterocycles. The fourth-order valence-corrected chi connectivity index (χ4v) is 3.34. The fourth-order valence-electron chi connectivity index (χ4n) is 3.34. The van der Waals surface area contributed by atoms with Gasteiger partial charge in [-0.2, -0.15) is 5.26 Å². The van der Waals surface area contributed by atoms with Gasteiger partial charge in [-0.05, 0) is 43.5 Å². The van der Waals surface area contributed by atoms with Gasteiger partial charge in [0.05, 0.1) is 11.6 Å². The summed E-state index contributed by atoms with van der Waals surface area (Å²) in [5.41, 5.74) is 0.796. The third-order valence-electron chi connectivity index (χ3n) is 4.90. The molecule has 0 unspecified atom stereocenters. The van der Waals surface area contributed by atoms with E-state index in [4.69, 9.17) is 4.74 Å². The van der Waals surface area contributed by atoms with Gasteiger partial charge in [0.1, 0.15) is 17.4 Å². The molecule has 2 aliphatic rings. The quantitative estimate of drug-likeness (QED) is 0.854. The minimum atomic E-state index is -0.831. The second kappa shape index (κ2) is 6.07. The standard InChI is InChI=1S/C19H23N3O3/c1-11(2)16-9-14(6-5-12(16)10-20)25-15-7-13(8-15)22-17(23)19(3,4)21-18(22)24/h5-6,9,11,13,15H,7-8H2,1-4H3,(H,21,24)/t13-,15-. The highest BCUT2D eigenvalue weighted by atomic mass is 16.5. The molecule has 0 aromatic heterocycles. The number of urea groups is 1. The Labute approximate surface area is 147 Å². The van der Waals surface area contributed by atoms with Gasteiger partial charge < -0.3 is 10.1 Å². The SMILES string of the molecule is CC(C)c1cc(O[C@H]2C[C@H](N3C(=O)NC(C)(C)C3=O)C2)ccc1C#N. The van der Waals surface area contributed by atoms with E-state index in [2.05, 4.69) is 11.4 Å². The Bertz CT molecular complexity index is 758. The summed E-state index contributed by atoms with van der Waals surface area (Å²) in [5, 5.41) is 11.9. The minimum Gasteiger partial charge on any atom is -0.490 e. The number of carbonyl (C=O) groups excluding carboxylic acids is 2. The molecule has 1 saturated carbocycles. The van der Waals surface area contributed by atoms with Crippen molar-refractivity contribution in [1.29, 1.82) is 5.26 Å². The van der Waals surface area contributed by atoms with E-state index < -0.39 is 5.54 Å². The number of benzene rings is 1. The zero-order valence-corrected chi connectivity index (χ0v) is 15.0. The zero-order chi connectivity index (χ0) is 18.4. The molecule has 0 bridgehead atoms. The van der Waals surface area contributed by atoms with Crippen molar-refractivity contribution in [2.24, 2.45) is 0 Å². The molecule has 1 aromatic carbocycles. The number of hydrogen-bond acceptors (Lipinski definition) is 4. The molecule has 132 valence electrons. The van der Waals surface area contributed by atoms with Crippen LogP contribution in [-0.2, 0) is 4.79 Å². The third-order valence-corrected chi connectivity index (χ3v) is 4.90. The van der Waals surface area contributed by atoms with Gasteiger partial charge in [0, 0.05) is 18.9 Å². The van der Waals surface area contributed by atoms with Crippen molar-refractivity contribution in [3.8, 4) is 11.8 Å². The first-order valence-electron chi connectivity index (χ1n) is 8.59. The molecule has 1 N–H and O–H groups in total. The van der Waals surface area contributed by atoms with Gasteiger partial charge in [-0.25, -0.2) is 4.79 Å². The summed E-state index contributed by atoms with van der Waals surface area (Å²) in [6, 6.07) is 7.26. The second-order valence-electron chi connectivity index (χ2n) is 7.61. The summed E-state index contributed by atoms with van der Waals surface area (Å²) in [4.78, 5) is 25.6. The average Bonchev–Trinajstić information content (AvgIpc) is 2.71. The maximum atomic E-state index is 12.3. The molecule has 1 aromatic rings. The summed E-state index contributed by atoms with van der Waals surface area (Å²) in [7, 11) is 0. The monoisotopic (exact) mass is 341 g/mol. The smallest absolute Gasteiger partial charge is 0.325 e. The largest absolute Gasteiger partial charge is 0.490 e. The predicted molar refractivity (Wildman–Crippen MR) is 92.1 cm³/mol. The number of amides is 3. The van der Waals surface area contributed by atoms with Crippen LogP contribution in [0.3, 0.4) is 0 Å². The first-order valence-corrected chi connectivity index (χ1v) is 8.59.